The van der Waals surface area contributed by atoms with Gasteiger partial charge in [-0.25, -0.2) is 15.0 Å². The summed E-state index contributed by atoms with van der Waals surface area (Å²) in [5, 5.41) is 4.87. The van der Waals surface area contributed by atoms with Gasteiger partial charge in [0.05, 0.1) is 11.6 Å². The molecule has 1 fully saturated rings. The van der Waals surface area contributed by atoms with Crippen molar-refractivity contribution in [1.82, 2.24) is 20.3 Å². The number of carbonyl (C=O) groups excluding carboxylic acids is 2. The van der Waals surface area contributed by atoms with Gasteiger partial charge in [-0.05, 0) is 31.9 Å². The standard InChI is InChI=1S/C18H17ClF3N5O3/c1-9(8-30-16-12(19)6-11(7-24-16)18(20,21)22)25-15(29)13-4-5-23-17(26-13)27-14(28)10-2-3-10/h4-7,9-10H,2-3,8H2,1H3,(H,25,29)(H,23,26,27,28). The summed E-state index contributed by atoms with van der Waals surface area (Å²) in [4.78, 5) is 35.6. The highest BCUT2D eigenvalue weighted by Gasteiger charge is 2.32. The van der Waals surface area contributed by atoms with Gasteiger partial charge in [0, 0.05) is 18.3 Å². The highest BCUT2D eigenvalue weighted by molar-refractivity contribution is 6.31. The molecule has 0 saturated heterocycles. The Morgan fingerprint density at radius 3 is 2.70 bits per heavy atom. The van der Waals surface area contributed by atoms with Crippen LogP contribution in [0, 0.1) is 5.92 Å². The summed E-state index contributed by atoms with van der Waals surface area (Å²) >= 11 is 5.78. The first-order valence-electron chi connectivity index (χ1n) is 8.94. The fraction of sp³-hybridized carbons (Fsp3) is 0.389. The Morgan fingerprint density at radius 2 is 2.07 bits per heavy atom. The van der Waals surface area contributed by atoms with Crippen LogP contribution in [-0.2, 0) is 11.0 Å². The molecule has 2 aromatic rings. The summed E-state index contributed by atoms with van der Waals surface area (Å²) in [7, 11) is 0. The molecule has 0 aliphatic heterocycles. The van der Waals surface area contributed by atoms with Gasteiger partial charge in [-0.1, -0.05) is 11.6 Å². The Bertz CT molecular complexity index is 953. The Hall–Kier alpha value is -2.95. The highest BCUT2D eigenvalue weighted by atomic mass is 35.5. The van der Waals surface area contributed by atoms with Gasteiger partial charge >= 0.3 is 6.18 Å². The average molecular weight is 444 g/mol. The maximum atomic E-state index is 12.6. The second-order valence-corrected chi connectivity index (χ2v) is 7.13. The van der Waals surface area contributed by atoms with E-state index in [1.54, 1.807) is 6.92 Å². The lowest BCUT2D eigenvalue weighted by molar-refractivity contribution is -0.137. The van der Waals surface area contributed by atoms with Crippen molar-refractivity contribution in [1.29, 1.82) is 0 Å². The zero-order valence-corrected chi connectivity index (χ0v) is 16.4. The molecule has 8 nitrogen and oxygen atoms in total. The van der Waals surface area contributed by atoms with Gasteiger partial charge in [0.1, 0.15) is 17.3 Å². The van der Waals surface area contributed by atoms with Crippen LogP contribution in [0.25, 0.3) is 0 Å². The molecule has 1 aliphatic rings. The second kappa shape index (κ2) is 8.82. The summed E-state index contributed by atoms with van der Waals surface area (Å²) in [6.45, 7) is 1.52. The number of amides is 2. The van der Waals surface area contributed by atoms with Gasteiger partial charge < -0.3 is 10.1 Å². The van der Waals surface area contributed by atoms with E-state index in [-0.39, 0.29) is 41.0 Å². The molecule has 0 spiro atoms. The van der Waals surface area contributed by atoms with Crippen molar-refractivity contribution in [2.24, 2.45) is 5.92 Å². The molecule has 3 rings (SSSR count). The molecule has 1 atom stereocenters. The SMILES string of the molecule is CC(COc1ncc(C(F)(F)F)cc1Cl)NC(=O)c1ccnc(NC(=O)C2CC2)n1. The third-order valence-corrected chi connectivity index (χ3v) is 4.32. The number of carbonyl (C=O) groups is 2. The van der Waals surface area contributed by atoms with Crippen LogP contribution >= 0.6 is 11.6 Å². The Balaban J connectivity index is 1.54. The molecule has 30 heavy (non-hydrogen) atoms. The fourth-order valence-corrected chi connectivity index (χ4v) is 2.55. The van der Waals surface area contributed by atoms with Crippen LogP contribution in [-0.4, -0.2) is 39.4 Å². The van der Waals surface area contributed by atoms with E-state index in [1.807, 2.05) is 0 Å². The van der Waals surface area contributed by atoms with Crippen LogP contribution in [0.3, 0.4) is 0 Å². The molecule has 12 heteroatoms. The topological polar surface area (TPSA) is 106 Å². The number of pyridine rings is 1. The maximum absolute atomic E-state index is 12.6. The van der Waals surface area contributed by atoms with Crippen LogP contribution in [0.15, 0.2) is 24.5 Å². The third kappa shape index (κ3) is 5.78. The smallest absolute Gasteiger partial charge is 0.417 e. The van der Waals surface area contributed by atoms with Crippen LogP contribution in [0.4, 0.5) is 19.1 Å². The van der Waals surface area contributed by atoms with Crippen molar-refractivity contribution >= 4 is 29.4 Å². The van der Waals surface area contributed by atoms with Gasteiger partial charge in [-0.2, -0.15) is 13.2 Å². The third-order valence-electron chi connectivity index (χ3n) is 4.05. The molecule has 1 unspecified atom stereocenters. The minimum absolute atomic E-state index is 0.0317. The van der Waals surface area contributed by atoms with Crippen molar-refractivity contribution in [3.05, 3.63) is 40.8 Å². The first-order valence-corrected chi connectivity index (χ1v) is 9.31. The summed E-state index contributed by atoms with van der Waals surface area (Å²) in [5.74, 6) is -0.909. The lowest BCUT2D eigenvalue weighted by atomic mass is 10.3. The largest absolute Gasteiger partial charge is 0.474 e. The first kappa shape index (κ1) is 21.8. The second-order valence-electron chi connectivity index (χ2n) is 6.72. The van der Waals surface area contributed by atoms with E-state index in [9.17, 15) is 22.8 Å². The van der Waals surface area contributed by atoms with Gasteiger partial charge in [0.15, 0.2) is 0 Å². The summed E-state index contributed by atoms with van der Waals surface area (Å²) in [5.41, 5.74) is -0.955. The Labute approximate surface area is 174 Å². The van der Waals surface area contributed by atoms with Crippen LogP contribution in [0.2, 0.25) is 5.02 Å². The van der Waals surface area contributed by atoms with Crippen molar-refractivity contribution in [3.63, 3.8) is 0 Å². The molecular formula is C18H17ClF3N5O3. The first-order chi connectivity index (χ1) is 14.1. The molecule has 2 amide bonds. The number of ether oxygens (including phenoxy) is 1. The van der Waals surface area contributed by atoms with E-state index in [1.165, 1.54) is 12.3 Å². The Kier molecular flexibility index (Phi) is 6.40. The van der Waals surface area contributed by atoms with E-state index in [0.29, 0.717) is 12.3 Å². The number of hydrogen-bond donors (Lipinski definition) is 2. The van der Waals surface area contributed by atoms with Crippen LogP contribution < -0.4 is 15.4 Å². The minimum atomic E-state index is -4.56. The lowest BCUT2D eigenvalue weighted by Gasteiger charge is -2.15. The summed E-state index contributed by atoms with van der Waals surface area (Å²) in [6.07, 6.45) is -0.964. The van der Waals surface area contributed by atoms with Gasteiger partial charge in [0.25, 0.3) is 5.91 Å². The number of nitrogens with one attached hydrogen (secondary N) is 2. The molecular weight excluding hydrogens is 427 g/mol. The zero-order valence-electron chi connectivity index (χ0n) is 15.7. The molecule has 2 heterocycles. The molecule has 1 aliphatic carbocycles. The van der Waals surface area contributed by atoms with Crippen LogP contribution in [0.5, 0.6) is 5.88 Å². The lowest BCUT2D eigenvalue weighted by Crippen LogP contribution is -2.37. The van der Waals surface area contributed by atoms with E-state index < -0.39 is 23.7 Å². The van der Waals surface area contributed by atoms with E-state index in [2.05, 4.69) is 25.6 Å². The van der Waals surface area contributed by atoms with Crippen molar-refractivity contribution < 1.29 is 27.5 Å². The number of rotatable bonds is 7. The average Bonchev–Trinajstić information content (AvgIpc) is 3.52. The predicted octanol–water partition coefficient (Wildman–Crippen LogP) is 3.09. The molecule has 0 radical (unpaired) electrons. The molecule has 2 aromatic heterocycles. The number of hydrogen-bond acceptors (Lipinski definition) is 6. The molecule has 2 N–H and O–H groups in total. The number of anilines is 1. The van der Waals surface area contributed by atoms with Crippen molar-refractivity contribution in [2.75, 3.05) is 11.9 Å². The number of alkyl halides is 3. The monoisotopic (exact) mass is 443 g/mol. The molecule has 160 valence electrons. The number of halogens is 4. The predicted molar refractivity (Wildman–Crippen MR) is 100 cm³/mol. The summed E-state index contributed by atoms with van der Waals surface area (Å²) in [6, 6.07) is 1.55. The quantitative estimate of drug-likeness (QED) is 0.681. The maximum Gasteiger partial charge on any atom is 0.417 e. The van der Waals surface area contributed by atoms with Gasteiger partial charge in [0.2, 0.25) is 17.7 Å². The molecule has 0 bridgehead atoms. The van der Waals surface area contributed by atoms with E-state index >= 15 is 0 Å². The minimum Gasteiger partial charge on any atom is -0.474 e. The molecule has 1 saturated carbocycles. The normalized spacial score (nSPS) is 14.7. The van der Waals surface area contributed by atoms with Crippen molar-refractivity contribution in [2.45, 2.75) is 32.0 Å². The summed E-state index contributed by atoms with van der Waals surface area (Å²) < 4.78 is 43.2. The van der Waals surface area contributed by atoms with E-state index in [0.717, 1.165) is 12.8 Å². The fourth-order valence-electron chi connectivity index (χ4n) is 2.33. The zero-order chi connectivity index (χ0) is 21.9. The van der Waals surface area contributed by atoms with Crippen LogP contribution in [0.1, 0.15) is 35.8 Å². The number of aromatic nitrogens is 3. The van der Waals surface area contributed by atoms with Gasteiger partial charge in [-0.3, -0.25) is 14.9 Å². The van der Waals surface area contributed by atoms with Crippen molar-refractivity contribution in [3.8, 4) is 5.88 Å². The van der Waals surface area contributed by atoms with Gasteiger partial charge in [-0.15, -0.1) is 0 Å². The Morgan fingerprint density at radius 1 is 1.33 bits per heavy atom. The highest BCUT2D eigenvalue weighted by Crippen LogP contribution is 2.33. The number of nitrogens with zero attached hydrogens (tertiary/aromatic N) is 3. The molecule has 0 aromatic carbocycles. The van der Waals surface area contributed by atoms with E-state index in [4.69, 9.17) is 16.3 Å².